The summed E-state index contributed by atoms with van der Waals surface area (Å²) in [5, 5.41) is 5.57. The van der Waals surface area contributed by atoms with E-state index in [0.29, 0.717) is 5.03 Å². The Morgan fingerprint density at radius 3 is 2.71 bits per heavy atom. The zero-order valence-electron chi connectivity index (χ0n) is 15.2. The number of fused-ring (bicyclic) bond motifs is 1. The topological polar surface area (TPSA) is 80.1 Å². The number of amides is 1. The van der Waals surface area contributed by atoms with Crippen LogP contribution in [-0.4, -0.2) is 38.0 Å². The molecule has 1 unspecified atom stereocenters. The number of benzene rings is 1. The number of nitrogens with one attached hydrogen (secondary N) is 1. The molecule has 0 aliphatic carbocycles. The summed E-state index contributed by atoms with van der Waals surface area (Å²) in [6, 6.07) is 12.1. The lowest BCUT2D eigenvalue weighted by Gasteiger charge is -2.28. The number of carbonyl (C=O) groups excluding carboxylic acids is 1. The summed E-state index contributed by atoms with van der Waals surface area (Å²) in [6.07, 6.45) is 6.75. The predicted octanol–water partition coefficient (Wildman–Crippen LogP) is 2.68. The molecule has 0 spiro atoms. The lowest BCUT2D eigenvalue weighted by Crippen LogP contribution is -2.30. The SMILES string of the molecule is O=C1C=C(n2ncc3cc(-c4cccc(N5CCCCC5)n4)ccc32)S(=O)N1. The first-order chi connectivity index (χ1) is 13.7. The molecule has 0 radical (unpaired) electrons. The zero-order valence-corrected chi connectivity index (χ0v) is 16.0. The highest BCUT2D eigenvalue weighted by molar-refractivity contribution is 7.93. The van der Waals surface area contributed by atoms with Gasteiger partial charge in [-0.2, -0.15) is 5.10 Å². The van der Waals surface area contributed by atoms with E-state index >= 15 is 0 Å². The maximum Gasteiger partial charge on any atom is 0.258 e. The number of piperidine rings is 1. The van der Waals surface area contributed by atoms with Crippen LogP contribution in [0, 0.1) is 0 Å². The molecular weight excluding hydrogens is 374 g/mol. The number of nitrogens with zero attached hydrogens (tertiary/aromatic N) is 4. The molecule has 0 bridgehead atoms. The van der Waals surface area contributed by atoms with Crippen molar-refractivity contribution in [1.29, 1.82) is 0 Å². The lowest BCUT2D eigenvalue weighted by atomic mass is 10.1. The van der Waals surface area contributed by atoms with Crippen molar-refractivity contribution in [1.82, 2.24) is 19.5 Å². The summed E-state index contributed by atoms with van der Waals surface area (Å²) < 4.78 is 15.9. The fourth-order valence-electron chi connectivity index (χ4n) is 3.73. The van der Waals surface area contributed by atoms with E-state index in [1.807, 2.05) is 30.3 Å². The van der Waals surface area contributed by atoms with Crippen LogP contribution in [0.4, 0.5) is 5.82 Å². The third-order valence-corrected chi connectivity index (χ3v) is 6.18. The number of aromatic nitrogens is 3. The molecule has 1 N–H and O–H groups in total. The number of rotatable bonds is 3. The molecule has 5 rings (SSSR count). The van der Waals surface area contributed by atoms with Crippen molar-refractivity contribution in [3.8, 4) is 11.3 Å². The highest BCUT2D eigenvalue weighted by Crippen LogP contribution is 2.28. The summed E-state index contributed by atoms with van der Waals surface area (Å²) >= 11 is 0. The molecule has 1 atom stereocenters. The molecule has 142 valence electrons. The number of hydrogen-bond acceptors (Lipinski definition) is 5. The van der Waals surface area contributed by atoms with E-state index in [-0.39, 0.29) is 5.91 Å². The maximum atomic E-state index is 12.0. The smallest absolute Gasteiger partial charge is 0.258 e. The minimum Gasteiger partial charge on any atom is -0.357 e. The molecular formula is C20H19N5O2S. The van der Waals surface area contributed by atoms with Crippen molar-refractivity contribution in [2.24, 2.45) is 0 Å². The van der Waals surface area contributed by atoms with Crippen LogP contribution in [0.15, 0.2) is 48.7 Å². The Kier molecular flexibility index (Phi) is 4.20. The second-order valence-corrected chi connectivity index (χ2v) is 8.14. The van der Waals surface area contributed by atoms with E-state index in [1.54, 1.807) is 10.9 Å². The Morgan fingerprint density at radius 1 is 1.07 bits per heavy atom. The van der Waals surface area contributed by atoms with Crippen molar-refractivity contribution in [3.63, 3.8) is 0 Å². The molecule has 2 aliphatic heterocycles. The molecule has 2 aromatic heterocycles. The van der Waals surface area contributed by atoms with Crippen LogP contribution < -0.4 is 9.62 Å². The Labute approximate surface area is 164 Å². The largest absolute Gasteiger partial charge is 0.357 e. The average molecular weight is 393 g/mol. The first-order valence-electron chi connectivity index (χ1n) is 9.34. The first-order valence-corrected chi connectivity index (χ1v) is 10.5. The molecule has 7 nitrogen and oxygen atoms in total. The van der Waals surface area contributed by atoms with Crippen LogP contribution in [-0.2, 0) is 15.8 Å². The highest BCUT2D eigenvalue weighted by Gasteiger charge is 2.23. The number of pyridine rings is 1. The van der Waals surface area contributed by atoms with Gasteiger partial charge in [0, 0.05) is 30.1 Å². The standard InChI is InChI=1S/C20H19N5O2S/c26-19-12-20(28(27)23-19)25-17-8-7-14(11-15(17)13-21-25)16-5-4-6-18(22-16)24-9-2-1-3-10-24/h4-8,11-13H,1-3,9-10H2,(H,23,26). The van der Waals surface area contributed by atoms with Gasteiger partial charge < -0.3 is 4.90 Å². The van der Waals surface area contributed by atoms with E-state index < -0.39 is 11.0 Å². The second kappa shape index (κ2) is 6.87. The lowest BCUT2D eigenvalue weighted by molar-refractivity contribution is -0.114. The normalized spacial score (nSPS) is 19.7. The molecule has 1 amide bonds. The minimum atomic E-state index is -1.58. The summed E-state index contributed by atoms with van der Waals surface area (Å²) in [5.41, 5.74) is 2.71. The molecule has 1 aromatic carbocycles. The molecule has 1 fully saturated rings. The van der Waals surface area contributed by atoms with Crippen LogP contribution in [0.1, 0.15) is 19.3 Å². The van der Waals surface area contributed by atoms with E-state index in [9.17, 15) is 9.00 Å². The van der Waals surface area contributed by atoms with Crippen molar-refractivity contribution in [2.45, 2.75) is 19.3 Å². The minimum absolute atomic E-state index is 0.345. The Bertz CT molecular complexity index is 1130. The molecule has 1 saturated heterocycles. The fraction of sp³-hybridized carbons (Fsp3) is 0.250. The van der Waals surface area contributed by atoms with Crippen LogP contribution in [0.25, 0.3) is 27.2 Å². The van der Waals surface area contributed by atoms with Gasteiger partial charge in [0.25, 0.3) is 5.91 Å². The van der Waals surface area contributed by atoms with Gasteiger partial charge in [-0.15, -0.1) is 0 Å². The predicted molar refractivity (Wildman–Crippen MR) is 110 cm³/mol. The monoisotopic (exact) mass is 393 g/mol. The van der Waals surface area contributed by atoms with Gasteiger partial charge in [-0.25, -0.2) is 13.9 Å². The Morgan fingerprint density at radius 2 is 1.93 bits per heavy atom. The summed E-state index contributed by atoms with van der Waals surface area (Å²) in [4.78, 5) is 18.7. The van der Waals surface area contributed by atoms with Gasteiger partial charge in [-0.1, -0.05) is 12.1 Å². The van der Waals surface area contributed by atoms with Crippen molar-refractivity contribution < 1.29 is 9.00 Å². The van der Waals surface area contributed by atoms with Gasteiger partial charge in [0.05, 0.1) is 17.4 Å². The molecule has 4 heterocycles. The van der Waals surface area contributed by atoms with Crippen molar-refractivity contribution >= 4 is 38.6 Å². The van der Waals surface area contributed by atoms with E-state index in [2.05, 4.69) is 20.8 Å². The van der Waals surface area contributed by atoms with Crippen molar-refractivity contribution in [2.75, 3.05) is 18.0 Å². The van der Waals surface area contributed by atoms with E-state index in [0.717, 1.165) is 41.1 Å². The summed E-state index contributed by atoms with van der Waals surface area (Å²) in [5.74, 6) is 0.649. The molecule has 28 heavy (non-hydrogen) atoms. The summed E-state index contributed by atoms with van der Waals surface area (Å²) in [6.45, 7) is 2.11. The Balaban J connectivity index is 1.50. The third-order valence-electron chi connectivity index (χ3n) is 5.12. The van der Waals surface area contributed by atoms with Crippen LogP contribution in [0.2, 0.25) is 0 Å². The second-order valence-electron chi connectivity index (χ2n) is 6.98. The Hall–Kier alpha value is -3.00. The zero-order chi connectivity index (χ0) is 19.1. The van der Waals surface area contributed by atoms with Gasteiger partial charge in [0.15, 0.2) is 16.0 Å². The fourth-order valence-corrected chi connectivity index (χ4v) is 4.59. The highest BCUT2D eigenvalue weighted by atomic mass is 32.2. The van der Waals surface area contributed by atoms with Gasteiger partial charge in [-0.3, -0.25) is 9.52 Å². The van der Waals surface area contributed by atoms with Crippen LogP contribution in [0.3, 0.4) is 0 Å². The summed E-state index contributed by atoms with van der Waals surface area (Å²) in [7, 11) is -1.58. The van der Waals surface area contributed by atoms with Gasteiger partial charge in [-0.05, 0) is 43.5 Å². The quantitative estimate of drug-likeness (QED) is 0.740. The third kappa shape index (κ3) is 2.99. The molecule has 2 aliphatic rings. The molecule has 3 aromatic rings. The van der Waals surface area contributed by atoms with Crippen molar-refractivity contribution in [3.05, 3.63) is 48.7 Å². The van der Waals surface area contributed by atoms with Gasteiger partial charge in [0.2, 0.25) is 0 Å². The van der Waals surface area contributed by atoms with Crippen LogP contribution in [0.5, 0.6) is 0 Å². The average Bonchev–Trinajstić information content (AvgIpc) is 3.30. The number of carbonyl (C=O) groups is 1. The van der Waals surface area contributed by atoms with Gasteiger partial charge in [0.1, 0.15) is 5.82 Å². The molecule has 0 saturated carbocycles. The first kappa shape index (κ1) is 17.1. The van der Waals surface area contributed by atoms with Crippen LogP contribution >= 0.6 is 0 Å². The number of anilines is 1. The molecule has 8 heteroatoms. The maximum absolute atomic E-state index is 12.0. The number of hydrogen-bond donors (Lipinski definition) is 1. The van der Waals surface area contributed by atoms with E-state index in [4.69, 9.17) is 4.98 Å². The van der Waals surface area contributed by atoms with Gasteiger partial charge >= 0.3 is 0 Å². The van der Waals surface area contributed by atoms with E-state index in [1.165, 1.54) is 25.3 Å².